The maximum Gasteiger partial charge on any atom is 0.311 e. The zero-order valence-electron chi connectivity index (χ0n) is 28.0. The Balaban J connectivity index is 1.23. The first-order valence-electron chi connectivity index (χ1n) is 16.4. The number of fused-ring (bicyclic) bond motifs is 1. The largest absolute Gasteiger partial charge is 0.481 e. The maximum absolute atomic E-state index is 11.9. The number of benzene rings is 1. The first-order chi connectivity index (χ1) is 24.2. The Labute approximate surface area is 300 Å². The van der Waals surface area contributed by atoms with Gasteiger partial charge >= 0.3 is 11.9 Å². The molecular weight excluding hydrogens is 677 g/mol. The van der Waals surface area contributed by atoms with E-state index in [1.165, 1.54) is 14.2 Å². The van der Waals surface area contributed by atoms with Crippen LogP contribution >= 0.6 is 23.2 Å². The van der Waals surface area contributed by atoms with Crippen molar-refractivity contribution in [2.24, 2.45) is 11.8 Å². The molecule has 1 aliphatic carbocycles. The average molecular weight is 715 g/mol. The van der Waals surface area contributed by atoms with E-state index in [0.29, 0.717) is 61.6 Å². The van der Waals surface area contributed by atoms with Gasteiger partial charge in [-0.2, -0.15) is 0 Å². The summed E-state index contributed by atoms with van der Waals surface area (Å²) < 4.78 is 15.6. The predicted molar refractivity (Wildman–Crippen MR) is 191 cm³/mol. The predicted octanol–water partition coefficient (Wildman–Crippen LogP) is 5.44. The Kier molecular flexibility index (Phi) is 9.63. The number of hydrogen-bond donors (Lipinski definition) is 0. The number of hydrogen-bond acceptors (Lipinski definition) is 10. The summed E-state index contributed by atoms with van der Waals surface area (Å²) in [5.41, 5.74) is 4.67. The van der Waals surface area contributed by atoms with Gasteiger partial charge in [-0.05, 0) is 41.0 Å². The highest BCUT2D eigenvalue weighted by molar-refractivity contribution is 6.34. The molecule has 0 saturated carbocycles. The summed E-state index contributed by atoms with van der Waals surface area (Å²) in [6.07, 6.45) is 9.69. The van der Waals surface area contributed by atoms with E-state index < -0.39 is 10.8 Å². The van der Waals surface area contributed by atoms with E-state index in [4.69, 9.17) is 52.4 Å². The number of alkyl halides is 1. The number of aromatic nitrogens is 3. The van der Waals surface area contributed by atoms with Crippen molar-refractivity contribution in [3.05, 3.63) is 112 Å². The van der Waals surface area contributed by atoms with Crippen molar-refractivity contribution in [3.63, 3.8) is 0 Å². The Morgan fingerprint density at radius 3 is 2.26 bits per heavy atom. The SMILES string of the molecule is COC(=O)C1CN(Cc2cnc3cc(C4(c5ccc(CN6CC(C(=O)OC)C6)c(OC)n5)C=CC=C(c5ccccc5Cl)C4Cl)ncc3c2)C1. The summed E-state index contributed by atoms with van der Waals surface area (Å²) in [6, 6.07) is 15.7. The lowest BCUT2D eigenvalue weighted by Crippen LogP contribution is -2.50. The maximum atomic E-state index is 11.9. The lowest BCUT2D eigenvalue weighted by molar-refractivity contribution is -0.152. The fourth-order valence-corrected chi connectivity index (χ4v) is 7.84. The molecule has 2 unspecified atom stereocenters. The molecule has 0 amide bonds. The molecular formula is C38H37Cl2N5O5. The Hall–Kier alpha value is -4.35. The van der Waals surface area contributed by atoms with Crippen LogP contribution in [0.15, 0.2) is 79.2 Å². The summed E-state index contributed by atoms with van der Waals surface area (Å²) in [6.45, 7) is 3.80. The van der Waals surface area contributed by atoms with Crippen LogP contribution in [0.25, 0.3) is 16.5 Å². The summed E-state index contributed by atoms with van der Waals surface area (Å²) >= 11 is 14.3. The fourth-order valence-electron chi connectivity index (χ4n) is 7.11. The average Bonchev–Trinajstić information content (AvgIpc) is 3.10. The number of pyridine rings is 3. The highest BCUT2D eigenvalue weighted by Gasteiger charge is 2.46. The van der Waals surface area contributed by atoms with Gasteiger partial charge in [0.25, 0.3) is 0 Å². The third kappa shape index (κ3) is 6.26. The molecule has 1 aromatic carbocycles. The number of likely N-dealkylation sites (tertiary alicyclic amines) is 2. The van der Waals surface area contributed by atoms with E-state index in [0.717, 1.165) is 33.2 Å². The third-order valence-corrected chi connectivity index (χ3v) is 10.8. The molecule has 2 aliphatic heterocycles. The second-order valence-corrected chi connectivity index (χ2v) is 13.8. The number of methoxy groups -OCH3 is 3. The highest BCUT2D eigenvalue weighted by Crippen LogP contribution is 2.48. The fraction of sp³-hybridized carbons (Fsp3) is 0.342. The van der Waals surface area contributed by atoms with Crippen LogP contribution in [-0.2, 0) is 37.6 Å². The second-order valence-electron chi connectivity index (χ2n) is 13.0. The summed E-state index contributed by atoms with van der Waals surface area (Å²) in [5.74, 6) is -0.0990. The zero-order valence-corrected chi connectivity index (χ0v) is 29.5. The molecule has 50 heavy (non-hydrogen) atoms. The number of rotatable bonds is 10. The third-order valence-electron chi connectivity index (χ3n) is 9.88. The molecule has 2 saturated heterocycles. The smallest absolute Gasteiger partial charge is 0.311 e. The minimum Gasteiger partial charge on any atom is -0.481 e. The summed E-state index contributed by atoms with van der Waals surface area (Å²) in [4.78, 5) is 43.0. The van der Waals surface area contributed by atoms with Crippen LogP contribution < -0.4 is 4.74 Å². The van der Waals surface area contributed by atoms with Crippen LogP contribution in [0.2, 0.25) is 5.02 Å². The molecule has 3 aliphatic rings. The lowest BCUT2D eigenvalue weighted by Gasteiger charge is -2.39. The van der Waals surface area contributed by atoms with Crippen molar-refractivity contribution < 1.29 is 23.8 Å². The number of halogens is 2. The van der Waals surface area contributed by atoms with Gasteiger partial charge in [0.05, 0.1) is 60.9 Å². The molecule has 0 spiro atoms. The van der Waals surface area contributed by atoms with Gasteiger partial charge in [0.1, 0.15) is 0 Å². The van der Waals surface area contributed by atoms with Crippen LogP contribution in [0.1, 0.15) is 28.1 Å². The highest BCUT2D eigenvalue weighted by atomic mass is 35.5. The number of esters is 2. The molecule has 3 aromatic heterocycles. The molecule has 2 atom stereocenters. The van der Waals surface area contributed by atoms with E-state index in [-0.39, 0.29) is 23.8 Å². The van der Waals surface area contributed by atoms with E-state index in [2.05, 4.69) is 15.9 Å². The van der Waals surface area contributed by atoms with E-state index in [1.807, 2.05) is 73.1 Å². The second kappa shape index (κ2) is 14.1. The molecule has 5 heterocycles. The molecule has 10 nitrogen and oxygen atoms in total. The normalized spacial score (nSPS) is 21.3. The van der Waals surface area contributed by atoms with Crippen LogP contribution in [0.3, 0.4) is 0 Å². The molecule has 0 radical (unpaired) electrons. The molecule has 12 heteroatoms. The number of nitrogens with zero attached hydrogens (tertiary/aromatic N) is 5. The van der Waals surface area contributed by atoms with Gasteiger partial charge in [-0.15, -0.1) is 11.6 Å². The van der Waals surface area contributed by atoms with Gasteiger partial charge in [-0.3, -0.25) is 29.4 Å². The topological polar surface area (TPSA) is 107 Å². The molecule has 258 valence electrons. The molecule has 4 aromatic rings. The molecule has 7 rings (SSSR count). The van der Waals surface area contributed by atoms with Gasteiger partial charge < -0.3 is 14.2 Å². The van der Waals surface area contributed by atoms with Gasteiger partial charge in [-0.1, -0.05) is 54.1 Å². The van der Waals surface area contributed by atoms with E-state index >= 15 is 0 Å². The van der Waals surface area contributed by atoms with Crippen molar-refractivity contribution in [2.75, 3.05) is 47.5 Å². The molecule has 2 fully saturated rings. The van der Waals surface area contributed by atoms with Crippen LogP contribution in [-0.4, -0.2) is 89.6 Å². The van der Waals surface area contributed by atoms with Gasteiger partial charge in [-0.25, -0.2) is 4.98 Å². The minimum absolute atomic E-state index is 0.0819. The van der Waals surface area contributed by atoms with E-state index in [9.17, 15) is 9.59 Å². The van der Waals surface area contributed by atoms with E-state index in [1.54, 1.807) is 7.11 Å². The van der Waals surface area contributed by atoms with Gasteiger partial charge in [0.15, 0.2) is 0 Å². The number of carbonyl (C=O) groups excluding carboxylic acids is 2. The monoisotopic (exact) mass is 713 g/mol. The van der Waals surface area contributed by atoms with Crippen LogP contribution in [0.4, 0.5) is 0 Å². The van der Waals surface area contributed by atoms with Gasteiger partial charge in [0.2, 0.25) is 5.88 Å². The van der Waals surface area contributed by atoms with Crippen molar-refractivity contribution in [3.8, 4) is 5.88 Å². The van der Waals surface area contributed by atoms with Crippen molar-refractivity contribution in [1.82, 2.24) is 24.8 Å². The van der Waals surface area contributed by atoms with Crippen LogP contribution in [0, 0.1) is 11.8 Å². The lowest BCUT2D eigenvalue weighted by atomic mass is 9.70. The van der Waals surface area contributed by atoms with Gasteiger partial charge in [0, 0.05) is 67.6 Å². The standard InChI is InChI=1S/C38H37Cl2N5O5/c1-48-35-24(18-45-21-27(22-45)37(47)50-3)10-11-32(43-35)38(12-6-8-29(34(38)40)28-7-4-5-9-30(28)39)33-14-31-25(16-42-33)13-23(15-41-31)17-44-19-26(20-44)36(46)49-2/h4-16,26-27,34H,17-22H2,1-3H3. The Morgan fingerprint density at radius 2 is 1.58 bits per heavy atom. The summed E-state index contributed by atoms with van der Waals surface area (Å²) in [7, 11) is 4.44. The minimum atomic E-state index is -1.02. The first-order valence-corrected chi connectivity index (χ1v) is 17.2. The zero-order chi connectivity index (χ0) is 35.0. The number of allylic oxidation sites excluding steroid dienone is 4. The van der Waals surface area contributed by atoms with Crippen molar-refractivity contribution in [1.29, 1.82) is 0 Å². The number of carbonyl (C=O) groups is 2. The van der Waals surface area contributed by atoms with Crippen molar-refractivity contribution in [2.45, 2.75) is 23.9 Å². The first kappa shape index (κ1) is 34.1. The quantitative estimate of drug-likeness (QED) is 0.156. The van der Waals surface area contributed by atoms with Crippen molar-refractivity contribution >= 4 is 51.6 Å². The van der Waals surface area contributed by atoms with Crippen LogP contribution in [0.5, 0.6) is 5.88 Å². The Bertz CT molecular complexity index is 2010. The molecule has 0 bridgehead atoms. The Morgan fingerprint density at radius 1 is 0.880 bits per heavy atom. The molecule has 0 N–H and O–H groups in total. The summed E-state index contributed by atoms with van der Waals surface area (Å²) in [5, 5.41) is 0.833. The number of ether oxygens (including phenoxy) is 3.